The lowest BCUT2D eigenvalue weighted by Gasteiger charge is -2.39. The van der Waals surface area contributed by atoms with Crippen molar-refractivity contribution in [2.75, 3.05) is 19.6 Å². The molecule has 332 valence electrons. The van der Waals surface area contributed by atoms with Crippen molar-refractivity contribution >= 4 is 101 Å². The third-order valence-corrected chi connectivity index (χ3v) is 13.1. The van der Waals surface area contributed by atoms with E-state index in [0.29, 0.717) is 0 Å². The fourth-order valence-corrected chi connectivity index (χ4v) is 9.86. The van der Waals surface area contributed by atoms with E-state index in [-0.39, 0.29) is 0 Å². The highest BCUT2D eigenvalue weighted by Gasteiger charge is 2.31. The molecule has 0 aromatic heterocycles. The average molecular weight is 897 g/mol. The number of hydrogen-bond donors (Lipinski definition) is 0. The van der Waals surface area contributed by atoms with Crippen LogP contribution in [-0.4, -0.2) is 0 Å². The minimum Gasteiger partial charge on any atom is -0.308 e. The van der Waals surface area contributed by atoms with Gasteiger partial charge in [0.15, 0.2) is 0 Å². The third-order valence-electron chi connectivity index (χ3n) is 13.1. The molecule has 0 heterocycles. The normalized spacial score (nSPS) is 11.1. The predicted molar refractivity (Wildman–Crippen MR) is 298 cm³/mol. The summed E-state index contributed by atoms with van der Waals surface area (Å²) < 4.78 is 0. The highest BCUT2D eigenvalue weighted by Crippen LogP contribution is 2.55. The molecule has 0 spiro atoms. The summed E-state index contributed by atoms with van der Waals surface area (Å²) in [4.78, 5) is 9.78. The van der Waals surface area contributed by atoms with Crippen molar-refractivity contribution in [3.8, 4) is 0 Å². The maximum absolute atomic E-state index is 2.54. The molecule has 12 aromatic carbocycles. The first kappa shape index (κ1) is 42.0. The number of hydrogen-bond acceptors (Lipinski definition) is 4. The van der Waals surface area contributed by atoms with Gasteiger partial charge in [0.05, 0.1) is 34.1 Å². The highest BCUT2D eigenvalue weighted by molar-refractivity contribution is 6.09. The van der Waals surface area contributed by atoms with E-state index in [2.05, 4.69) is 311 Å². The monoisotopic (exact) mass is 896 g/mol. The van der Waals surface area contributed by atoms with Crippen LogP contribution in [0.1, 0.15) is 0 Å². The average Bonchev–Trinajstić information content (AvgIpc) is 3.43. The van der Waals surface area contributed by atoms with Crippen LogP contribution in [0.15, 0.2) is 291 Å². The molecule has 70 heavy (non-hydrogen) atoms. The molecule has 0 unspecified atom stereocenters. The lowest BCUT2D eigenvalue weighted by atomic mass is 10.00. The Morgan fingerprint density at radius 1 is 0.143 bits per heavy atom. The molecule has 0 saturated carbocycles. The molecule has 12 aromatic rings. The Morgan fingerprint density at radius 3 is 0.457 bits per heavy atom. The first-order valence-corrected chi connectivity index (χ1v) is 23.8. The molecule has 0 radical (unpaired) electrons. The van der Waals surface area contributed by atoms with Crippen molar-refractivity contribution in [1.29, 1.82) is 0 Å². The molecule has 0 aliphatic carbocycles. The highest BCUT2D eigenvalue weighted by atomic mass is 15.3. The van der Waals surface area contributed by atoms with Crippen molar-refractivity contribution in [2.45, 2.75) is 0 Å². The molecule has 0 fully saturated rings. The van der Waals surface area contributed by atoms with E-state index < -0.39 is 0 Å². The molecule has 0 aliphatic rings. The van der Waals surface area contributed by atoms with Crippen LogP contribution < -0.4 is 19.6 Å². The number of fused-ring (bicyclic) bond motifs is 3. The van der Waals surface area contributed by atoms with Gasteiger partial charge in [0, 0.05) is 34.1 Å². The summed E-state index contributed by atoms with van der Waals surface area (Å²) in [6, 6.07) is 105. The second-order valence-corrected chi connectivity index (χ2v) is 17.4. The van der Waals surface area contributed by atoms with E-state index in [1.807, 2.05) is 0 Å². The first-order chi connectivity index (χ1) is 34.7. The molecule has 4 heteroatoms. The van der Waals surface area contributed by atoms with Crippen LogP contribution in [0, 0.1) is 0 Å². The van der Waals surface area contributed by atoms with Gasteiger partial charge in [-0.25, -0.2) is 0 Å². The van der Waals surface area contributed by atoms with Gasteiger partial charge in [0.1, 0.15) is 0 Å². The summed E-state index contributed by atoms with van der Waals surface area (Å²) in [6.07, 6.45) is 0. The van der Waals surface area contributed by atoms with E-state index in [9.17, 15) is 0 Å². The lowest BCUT2D eigenvalue weighted by molar-refractivity contribution is 1.20. The number of rotatable bonds is 12. The topological polar surface area (TPSA) is 13.0 Å². The summed E-state index contributed by atoms with van der Waals surface area (Å²) in [5.74, 6) is 0. The molecule has 0 atom stereocenters. The van der Waals surface area contributed by atoms with Crippen LogP contribution in [0.5, 0.6) is 0 Å². The van der Waals surface area contributed by atoms with E-state index in [0.717, 1.165) is 101 Å². The summed E-state index contributed by atoms with van der Waals surface area (Å²) in [7, 11) is 0. The minimum absolute atomic E-state index is 1.00. The largest absolute Gasteiger partial charge is 0.308 e. The molecule has 0 aliphatic heterocycles. The maximum atomic E-state index is 2.54. The van der Waals surface area contributed by atoms with E-state index >= 15 is 0 Å². The quantitative estimate of drug-likeness (QED) is 0.121. The Balaban J connectivity index is 1.28. The Labute approximate surface area is 409 Å². The number of nitrogens with zero attached hydrogens (tertiary/aromatic N) is 4. The molecule has 0 bridgehead atoms. The fraction of sp³-hybridized carbons (Fsp3) is 0. The SMILES string of the molecule is c1ccc(N(c2ccccc2)c2cc3ccccc3cc2N(c2cc3ccccc3cc2N(c2ccccc2)c2ccccc2)c2cc3ccccc3cc2N(c2ccccc2)c2ccccc2)cc1. The van der Waals surface area contributed by atoms with Gasteiger partial charge in [-0.05, 0) is 142 Å². The number of anilines is 12. The standard InChI is InChI=1S/C66H48N4/c1-7-31-55(32-8-1)67(56-33-9-2-10-34-56)61-43-49-25-19-22-28-52(49)46-64(61)70(65-47-53-29-23-20-26-50(53)44-62(65)68(57-35-11-3-12-36-57)58-37-13-4-14-38-58)66-48-54-30-24-21-27-51(54)45-63(66)69(59-39-15-5-16-40-59)60-41-17-6-18-42-60/h1-48H. The van der Waals surface area contributed by atoms with Crippen molar-refractivity contribution in [1.82, 2.24) is 0 Å². The minimum atomic E-state index is 1.00. The molecule has 12 rings (SSSR count). The summed E-state index contributed by atoms with van der Waals surface area (Å²) in [6.45, 7) is 0. The predicted octanol–water partition coefficient (Wildman–Crippen LogP) is 19.0. The lowest BCUT2D eigenvalue weighted by Crippen LogP contribution is -2.22. The zero-order valence-corrected chi connectivity index (χ0v) is 38.5. The van der Waals surface area contributed by atoms with Gasteiger partial charge >= 0.3 is 0 Å². The molecule has 0 amide bonds. The van der Waals surface area contributed by atoms with Crippen LogP contribution in [-0.2, 0) is 0 Å². The summed E-state index contributed by atoms with van der Waals surface area (Å²) in [5, 5.41) is 6.80. The van der Waals surface area contributed by atoms with Gasteiger partial charge in [-0.1, -0.05) is 182 Å². The van der Waals surface area contributed by atoms with Crippen molar-refractivity contribution in [3.63, 3.8) is 0 Å². The van der Waals surface area contributed by atoms with Crippen LogP contribution in [0.25, 0.3) is 32.3 Å². The molecule has 0 N–H and O–H groups in total. The van der Waals surface area contributed by atoms with E-state index in [4.69, 9.17) is 0 Å². The molecular weight excluding hydrogens is 849 g/mol. The van der Waals surface area contributed by atoms with Crippen molar-refractivity contribution in [2.24, 2.45) is 0 Å². The Kier molecular flexibility index (Phi) is 11.2. The second kappa shape index (κ2) is 18.7. The zero-order chi connectivity index (χ0) is 46.6. The van der Waals surface area contributed by atoms with Crippen LogP contribution in [0.4, 0.5) is 68.2 Å². The van der Waals surface area contributed by atoms with Gasteiger partial charge in [0.25, 0.3) is 0 Å². The second-order valence-electron chi connectivity index (χ2n) is 17.4. The van der Waals surface area contributed by atoms with Gasteiger partial charge in [-0.15, -0.1) is 0 Å². The molecule has 0 saturated heterocycles. The van der Waals surface area contributed by atoms with Gasteiger partial charge < -0.3 is 19.6 Å². The summed E-state index contributed by atoms with van der Waals surface area (Å²) in [5.41, 5.74) is 12.4. The first-order valence-electron chi connectivity index (χ1n) is 23.8. The Morgan fingerprint density at radius 2 is 0.286 bits per heavy atom. The van der Waals surface area contributed by atoms with Gasteiger partial charge in [-0.2, -0.15) is 0 Å². The van der Waals surface area contributed by atoms with Crippen LogP contribution in [0.3, 0.4) is 0 Å². The Hall–Kier alpha value is -9.38. The molecular formula is C66H48N4. The maximum Gasteiger partial charge on any atom is 0.0710 e. The van der Waals surface area contributed by atoms with Gasteiger partial charge in [0.2, 0.25) is 0 Å². The number of para-hydroxylation sites is 6. The van der Waals surface area contributed by atoms with E-state index in [1.165, 1.54) is 0 Å². The Bertz CT molecular complexity index is 3200. The van der Waals surface area contributed by atoms with Crippen LogP contribution in [0.2, 0.25) is 0 Å². The summed E-state index contributed by atoms with van der Waals surface area (Å²) >= 11 is 0. The fourth-order valence-electron chi connectivity index (χ4n) is 9.86. The van der Waals surface area contributed by atoms with Crippen molar-refractivity contribution < 1.29 is 0 Å². The number of benzene rings is 12. The van der Waals surface area contributed by atoms with Crippen molar-refractivity contribution in [3.05, 3.63) is 291 Å². The zero-order valence-electron chi connectivity index (χ0n) is 38.5. The van der Waals surface area contributed by atoms with E-state index in [1.54, 1.807) is 0 Å². The van der Waals surface area contributed by atoms with Crippen LogP contribution >= 0.6 is 0 Å². The third kappa shape index (κ3) is 8.04. The molecule has 4 nitrogen and oxygen atoms in total. The smallest absolute Gasteiger partial charge is 0.0710 e. The van der Waals surface area contributed by atoms with Gasteiger partial charge in [-0.3, -0.25) is 0 Å².